The molecule has 1 aromatic heterocycles. The molecule has 0 fully saturated rings. The number of nitrogens with zero attached hydrogens (tertiary/aromatic N) is 4. The van der Waals surface area contributed by atoms with Gasteiger partial charge in [-0.25, -0.2) is 0 Å². The SMILES string of the molecule is CCC(=O)N1c2ccccc2-c2nnc(SCC(C)C)nc2OC1c1ccccc1Br. The Morgan fingerprint density at radius 2 is 1.90 bits per heavy atom. The minimum Gasteiger partial charge on any atom is -0.447 e. The largest absolute Gasteiger partial charge is 0.447 e. The van der Waals surface area contributed by atoms with E-state index in [1.807, 2.05) is 55.5 Å². The lowest BCUT2D eigenvalue weighted by Gasteiger charge is -2.31. The van der Waals surface area contributed by atoms with E-state index < -0.39 is 6.23 Å². The molecule has 0 aliphatic carbocycles. The second-order valence-electron chi connectivity index (χ2n) is 7.58. The van der Waals surface area contributed by atoms with Crippen LogP contribution < -0.4 is 9.64 Å². The molecule has 1 unspecified atom stereocenters. The predicted octanol–water partition coefficient (Wildman–Crippen LogP) is 5.88. The number of hydrogen-bond acceptors (Lipinski definition) is 6. The fourth-order valence-electron chi connectivity index (χ4n) is 3.33. The topological polar surface area (TPSA) is 68.2 Å². The number of halogens is 1. The molecule has 31 heavy (non-hydrogen) atoms. The van der Waals surface area contributed by atoms with Crippen molar-refractivity contribution in [3.63, 3.8) is 0 Å². The fourth-order valence-corrected chi connectivity index (χ4v) is 4.54. The molecule has 8 heteroatoms. The Labute approximate surface area is 194 Å². The standard InChI is InChI=1S/C23H23BrN4O2S/c1-4-19(29)28-18-12-8-6-10-16(18)20-21(25-23(27-26-20)31-13-14(2)3)30-22(28)15-9-5-7-11-17(15)24/h5-12,14,22H,4,13H2,1-3H3. The third-order valence-electron chi connectivity index (χ3n) is 4.80. The van der Waals surface area contributed by atoms with Crippen molar-refractivity contribution in [3.05, 3.63) is 58.6 Å². The van der Waals surface area contributed by atoms with Crippen LogP contribution in [0.25, 0.3) is 11.3 Å². The van der Waals surface area contributed by atoms with Crippen LogP contribution in [0.2, 0.25) is 0 Å². The Morgan fingerprint density at radius 1 is 1.16 bits per heavy atom. The Kier molecular flexibility index (Phi) is 6.57. The number of hydrogen-bond donors (Lipinski definition) is 0. The average Bonchev–Trinajstić information content (AvgIpc) is 2.91. The zero-order valence-corrected chi connectivity index (χ0v) is 20.0. The number of rotatable bonds is 5. The maximum Gasteiger partial charge on any atom is 0.247 e. The molecule has 160 valence electrons. The first-order valence-corrected chi connectivity index (χ1v) is 12.0. The lowest BCUT2D eigenvalue weighted by molar-refractivity contribution is -0.120. The van der Waals surface area contributed by atoms with Gasteiger partial charge in [0.25, 0.3) is 0 Å². The van der Waals surface area contributed by atoms with Crippen molar-refractivity contribution < 1.29 is 9.53 Å². The molecule has 4 rings (SSSR count). The van der Waals surface area contributed by atoms with Gasteiger partial charge in [-0.3, -0.25) is 9.69 Å². The van der Waals surface area contributed by atoms with E-state index in [1.54, 1.807) is 16.7 Å². The summed E-state index contributed by atoms with van der Waals surface area (Å²) in [5.74, 6) is 1.70. The third-order valence-corrected chi connectivity index (χ3v) is 6.79. The normalized spacial score (nSPS) is 15.1. The molecular formula is C23H23BrN4O2S. The molecule has 0 saturated carbocycles. The van der Waals surface area contributed by atoms with Gasteiger partial charge in [-0.15, -0.1) is 10.2 Å². The van der Waals surface area contributed by atoms with Gasteiger partial charge >= 0.3 is 0 Å². The third kappa shape index (κ3) is 4.45. The number of carbonyl (C=O) groups is 1. The van der Waals surface area contributed by atoms with Crippen LogP contribution in [-0.2, 0) is 4.79 Å². The lowest BCUT2D eigenvalue weighted by Crippen LogP contribution is -2.37. The van der Waals surface area contributed by atoms with Crippen molar-refractivity contribution >= 4 is 39.3 Å². The first kappa shape index (κ1) is 21.8. The predicted molar refractivity (Wildman–Crippen MR) is 126 cm³/mol. The molecule has 0 N–H and O–H groups in total. The summed E-state index contributed by atoms with van der Waals surface area (Å²) in [6.45, 7) is 6.14. The maximum atomic E-state index is 13.1. The number of para-hydroxylation sites is 1. The van der Waals surface area contributed by atoms with Gasteiger partial charge in [-0.2, -0.15) is 4.98 Å². The van der Waals surface area contributed by atoms with Gasteiger partial charge in [-0.05, 0) is 18.1 Å². The monoisotopic (exact) mass is 498 g/mol. The Bertz CT molecular complexity index is 1110. The van der Waals surface area contributed by atoms with Crippen molar-refractivity contribution in [2.24, 2.45) is 5.92 Å². The van der Waals surface area contributed by atoms with E-state index in [0.717, 1.165) is 27.0 Å². The molecule has 0 radical (unpaired) electrons. The smallest absolute Gasteiger partial charge is 0.247 e. The number of amides is 1. The molecule has 3 aromatic rings. The summed E-state index contributed by atoms with van der Waals surface area (Å²) in [6, 6.07) is 15.4. The summed E-state index contributed by atoms with van der Waals surface area (Å²) in [5, 5.41) is 9.34. The molecule has 1 atom stereocenters. The van der Waals surface area contributed by atoms with Crippen LogP contribution in [0.3, 0.4) is 0 Å². The highest BCUT2D eigenvalue weighted by atomic mass is 79.9. The van der Waals surface area contributed by atoms with Crippen molar-refractivity contribution in [3.8, 4) is 17.1 Å². The van der Waals surface area contributed by atoms with Gasteiger partial charge < -0.3 is 4.74 Å². The van der Waals surface area contributed by atoms with Gasteiger partial charge in [0.15, 0.2) is 5.69 Å². The Morgan fingerprint density at radius 3 is 2.65 bits per heavy atom. The minimum absolute atomic E-state index is 0.0524. The van der Waals surface area contributed by atoms with E-state index >= 15 is 0 Å². The zero-order chi connectivity index (χ0) is 22.0. The number of ether oxygens (including phenoxy) is 1. The lowest BCUT2D eigenvalue weighted by atomic mass is 10.1. The summed E-state index contributed by atoms with van der Waals surface area (Å²) in [6.07, 6.45) is -0.353. The summed E-state index contributed by atoms with van der Waals surface area (Å²) in [7, 11) is 0. The van der Waals surface area contributed by atoms with Crippen LogP contribution in [0.1, 0.15) is 39.0 Å². The van der Waals surface area contributed by atoms with Crippen molar-refractivity contribution in [2.75, 3.05) is 10.7 Å². The number of carbonyl (C=O) groups excluding carboxylic acids is 1. The fraction of sp³-hybridized carbons (Fsp3) is 0.304. The second-order valence-corrected chi connectivity index (χ2v) is 9.42. The number of anilines is 1. The molecule has 2 aromatic carbocycles. The number of thioether (sulfide) groups is 1. The molecule has 0 spiro atoms. The van der Waals surface area contributed by atoms with Gasteiger partial charge in [0.05, 0.1) is 5.69 Å². The highest BCUT2D eigenvalue weighted by molar-refractivity contribution is 9.10. The Hall–Kier alpha value is -2.45. The second kappa shape index (κ2) is 9.36. The number of aromatic nitrogens is 3. The average molecular weight is 499 g/mol. The quantitative estimate of drug-likeness (QED) is 0.408. The van der Waals surface area contributed by atoms with Crippen LogP contribution in [0.15, 0.2) is 58.2 Å². The maximum absolute atomic E-state index is 13.1. The van der Waals surface area contributed by atoms with Gasteiger partial charge in [-0.1, -0.05) is 84.9 Å². The highest BCUT2D eigenvalue weighted by Crippen LogP contribution is 2.44. The molecule has 2 heterocycles. The van der Waals surface area contributed by atoms with Crippen LogP contribution >= 0.6 is 27.7 Å². The number of fused-ring (bicyclic) bond motifs is 3. The van der Waals surface area contributed by atoms with Crippen molar-refractivity contribution in [2.45, 2.75) is 38.6 Å². The van der Waals surface area contributed by atoms with Crippen LogP contribution in [-0.4, -0.2) is 26.8 Å². The first-order valence-electron chi connectivity index (χ1n) is 10.2. The van der Waals surface area contributed by atoms with E-state index in [4.69, 9.17) is 4.74 Å². The van der Waals surface area contributed by atoms with E-state index in [2.05, 4.69) is 45.0 Å². The zero-order valence-electron chi connectivity index (χ0n) is 17.6. The van der Waals surface area contributed by atoms with Crippen molar-refractivity contribution in [1.82, 2.24) is 15.2 Å². The molecule has 1 aliphatic rings. The van der Waals surface area contributed by atoms with E-state index in [1.165, 1.54) is 0 Å². The van der Waals surface area contributed by atoms with E-state index in [9.17, 15) is 4.79 Å². The van der Waals surface area contributed by atoms with Gasteiger partial charge in [0.1, 0.15) is 0 Å². The summed E-state index contributed by atoms with van der Waals surface area (Å²) in [5.41, 5.74) is 2.87. The molecule has 1 amide bonds. The van der Waals surface area contributed by atoms with Crippen molar-refractivity contribution in [1.29, 1.82) is 0 Å². The van der Waals surface area contributed by atoms with Gasteiger partial charge in [0.2, 0.25) is 23.2 Å². The minimum atomic E-state index is -0.690. The highest BCUT2D eigenvalue weighted by Gasteiger charge is 2.36. The molecule has 6 nitrogen and oxygen atoms in total. The van der Waals surface area contributed by atoms with E-state index in [-0.39, 0.29) is 5.91 Å². The van der Waals surface area contributed by atoms with Gasteiger partial charge in [0, 0.05) is 27.8 Å². The van der Waals surface area contributed by atoms with Crippen LogP contribution in [0.5, 0.6) is 5.88 Å². The molecule has 1 aliphatic heterocycles. The molecular weight excluding hydrogens is 476 g/mol. The molecule has 0 bridgehead atoms. The van der Waals surface area contributed by atoms with Crippen LogP contribution in [0.4, 0.5) is 5.69 Å². The van der Waals surface area contributed by atoms with Crippen LogP contribution in [0, 0.1) is 5.92 Å². The summed E-state index contributed by atoms with van der Waals surface area (Å²) in [4.78, 5) is 19.5. The Balaban J connectivity index is 1.90. The number of benzene rings is 2. The first-order chi connectivity index (χ1) is 15.0. The van der Waals surface area contributed by atoms with E-state index in [0.29, 0.717) is 29.1 Å². The summed E-state index contributed by atoms with van der Waals surface area (Å²) >= 11 is 5.17. The molecule has 0 saturated heterocycles. The summed E-state index contributed by atoms with van der Waals surface area (Å²) < 4.78 is 7.29.